The van der Waals surface area contributed by atoms with Crippen molar-refractivity contribution in [3.05, 3.63) is 34.3 Å². The minimum Gasteiger partial charge on any atom is -0.309 e. The average Bonchev–Trinajstić information content (AvgIpc) is 2.24. The molecule has 0 aliphatic rings. The minimum atomic E-state index is 0.343. The van der Waals surface area contributed by atoms with Crippen LogP contribution in [0, 0.1) is 11.3 Å². The zero-order valence-electron chi connectivity index (χ0n) is 8.83. The van der Waals surface area contributed by atoms with Crippen LogP contribution in [0.5, 0.6) is 0 Å². The molecule has 0 saturated carbocycles. The first-order valence-electron chi connectivity index (χ1n) is 5.13. The van der Waals surface area contributed by atoms with Crippen LogP contribution in [0.3, 0.4) is 0 Å². The lowest BCUT2D eigenvalue weighted by molar-refractivity contribution is 0.527. The van der Waals surface area contributed by atoms with Crippen LogP contribution in [0.25, 0.3) is 0 Å². The van der Waals surface area contributed by atoms with Crippen LogP contribution in [-0.2, 0) is 0 Å². The van der Waals surface area contributed by atoms with Crippen LogP contribution in [0.2, 0.25) is 0 Å². The lowest BCUT2D eigenvalue weighted by Crippen LogP contribution is -2.21. The van der Waals surface area contributed by atoms with E-state index in [4.69, 9.17) is 5.26 Å². The molecule has 0 amide bonds. The van der Waals surface area contributed by atoms with Crippen molar-refractivity contribution >= 4 is 15.9 Å². The van der Waals surface area contributed by atoms with Crippen molar-refractivity contribution in [2.45, 2.75) is 25.8 Å². The molecular formula is C12H15BrN2. The number of hydrogen-bond acceptors (Lipinski definition) is 2. The van der Waals surface area contributed by atoms with E-state index in [0.717, 1.165) is 17.4 Å². The molecule has 0 aliphatic heterocycles. The maximum atomic E-state index is 8.47. The van der Waals surface area contributed by atoms with Crippen LogP contribution < -0.4 is 5.32 Å². The Kier molecular flexibility index (Phi) is 5.38. The summed E-state index contributed by atoms with van der Waals surface area (Å²) in [6.45, 7) is 2.90. The minimum absolute atomic E-state index is 0.343. The van der Waals surface area contributed by atoms with E-state index >= 15 is 0 Å². The van der Waals surface area contributed by atoms with E-state index < -0.39 is 0 Å². The number of nitriles is 1. The van der Waals surface area contributed by atoms with E-state index in [1.54, 1.807) is 0 Å². The molecule has 1 rings (SSSR count). The summed E-state index contributed by atoms with van der Waals surface area (Å²) in [7, 11) is 0. The maximum absolute atomic E-state index is 8.47. The van der Waals surface area contributed by atoms with Crippen molar-refractivity contribution in [1.82, 2.24) is 5.32 Å². The van der Waals surface area contributed by atoms with Gasteiger partial charge in [-0.3, -0.25) is 0 Å². The first kappa shape index (κ1) is 12.2. The van der Waals surface area contributed by atoms with Gasteiger partial charge in [0.1, 0.15) is 0 Å². The summed E-state index contributed by atoms with van der Waals surface area (Å²) < 4.78 is 1.10. The van der Waals surface area contributed by atoms with Gasteiger partial charge in [0.05, 0.1) is 6.07 Å². The second-order valence-electron chi connectivity index (χ2n) is 3.38. The molecule has 1 aromatic carbocycles. The van der Waals surface area contributed by atoms with Gasteiger partial charge in [0.2, 0.25) is 0 Å². The van der Waals surface area contributed by atoms with Gasteiger partial charge in [-0.25, -0.2) is 0 Å². The Morgan fingerprint density at radius 2 is 2.33 bits per heavy atom. The highest BCUT2D eigenvalue weighted by Gasteiger charge is 2.07. The fourth-order valence-electron chi connectivity index (χ4n) is 1.52. The van der Waals surface area contributed by atoms with Crippen molar-refractivity contribution in [1.29, 1.82) is 5.26 Å². The van der Waals surface area contributed by atoms with Crippen LogP contribution >= 0.6 is 15.9 Å². The molecule has 2 nitrogen and oxygen atoms in total. The zero-order valence-corrected chi connectivity index (χ0v) is 10.4. The molecule has 0 aliphatic carbocycles. The van der Waals surface area contributed by atoms with Crippen LogP contribution in [-0.4, -0.2) is 6.54 Å². The molecule has 80 valence electrons. The number of benzene rings is 1. The van der Waals surface area contributed by atoms with Crippen molar-refractivity contribution in [3.8, 4) is 6.07 Å². The van der Waals surface area contributed by atoms with E-state index in [2.05, 4.69) is 46.4 Å². The molecule has 0 fully saturated rings. The van der Waals surface area contributed by atoms with E-state index in [1.165, 1.54) is 5.56 Å². The Morgan fingerprint density at radius 3 is 2.93 bits per heavy atom. The van der Waals surface area contributed by atoms with Gasteiger partial charge in [0.25, 0.3) is 0 Å². The molecule has 0 heterocycles. The fraction of sp³-hybridized carbons (Fsp3) is 0.417. The summed E-state index contributed by atoms with van der Waals surface area (Å²) in [4.78, 5) is 0. The Labute approximate surface area is 99.4 Å². The Bertz CT molecular complexity index is 344. The Hall–Kier alpha value is -0.850. The molecule has 0 bridgehead atoms. The van der Waals surface area contributed by atoms with Crippen LogP contribution in [0.15, 0.2) is 28.7 Å². The maximum Gasteiger partial charge on any atom is 0.0635 e. The van der Waals surface area contributed by atoms with Crippen molar-refractivity contribution in [3.63, 3.8) is 0 Å². The van der Waals surface area contributed by atoms with Crippen LogP contribution in [0.4, 0.5) is 0 Å². The number of halogens is 1. The third-order valence-electron chi connectivity index (χ3n) is 2.29. The summed E-state index contributed by atoms with van der Waals surface area (Å²) >= 11 is 3.46. The molecule has 15 heavy (non-hydrogen) atoms. The standard InChI is InChI=1S/C12H15BrN2/c1-2-12(15-8-4-7-14)10-5-3-6-11(13)9-10/h3,5-6,9,12,15H,2,4,8H2,1H3. The van der Waals surface area contributed by atoms with Crippen LogP contribution in [0.1, 0.15) is 31.4 Å². The number of nitrogens with one attached hydrogen (secondary N) is 1. The molecule has 1 N–H and O–H groups in total. The largest absolute Gasteiger partial charge is 0.309 e. The summed E-state index contributed by atoms with van der Waals surface area (Å²) in [5, 5.41) is 11.8. The highest BCUT2D eigenvalue weighted by atomic mass is 79.9. The first-order valence-corrected chi connectivity index (χ1v) is 5.93. The molecule has 1 aromatic rings. The van der Waals surface area contributed by atoms with Gasteiger partial charge in [-0.1, -0.05) is 35.0 Å². The second-order valence-corrected chi connectivity index (χ2v) is 4.29. The second kappa shape index (κ2) is 6.60. The molecule has 0 aromatic heterocycles. The quantitative estimate of drug-likeness (QED) is 0.830. The number of nitrogens with zero attached hydrogens (tertiary/aromatic N) is 1. The fourth-order valence-corrected chi connectivity index (χ4v) is 1.94. The van der Waals surface area contributed by atoms with Gasteiger partial charge in [-0.2, -0.15) is 5.26 Å². The van der Waals surface area contributed by atoms with Gasteiger partial charge in [-0.15, -0.1) is 0 Å². The Balaban J connectivity index is 2.62. The third kappa shape index (κ3) is 4.03. The summed E-state index contributed by atoms with van der Waals surface area (Å²) in [6, 6.07) is 10.8. The Morgan fingerprint density at radius 1 is 1.53 bits per heavy atom. The van der Waals surface area contributed by atoms with Gasteiger partial charge in [0, 0.05) is 23.5 Å². The van der Waals surface area contributed by atoms with Gasteiger partial charge >= 0.3 is 0 Å². The molecule has 3 heteroatoms. The first-order chi connectivity index (χ1) is 7.27. The third-order valence-corrected chi connectivity index (χ3v) is 2.78. The smallest absolute Gasteiger partial charge is 0.0635 e. The van der Waals surface area contributed by atoms with Gasteiger partial charge in [0.15, 0.2) is 0 Å². The number of hydrogen-bond donors (Lipinski definition) is 1. The van der Waals surface area contributed by atoms with Crippen molar-refractivity contribution in [2.75, 3.05) is 6.54 Å². The highest BCUT2D eigenvalue weighted by molar-refractivity contribution is 9.10. The summed E-state index contributed by atoms with van der Waals surface area (Å²) in [5.74, 6) is 0. The average molecular weight is 267 g/mol. The summed E-state index contributed by atoms with van der Waals surface area (Å²) in [6.07, 6.45) is 1.59. The predicted molar refractivity (Wildman–Crippen MR) is 65.4 cm³/mol. The monoisotopic (exact) mass is 266 g/mol. The van der Waals surface area contributed by atoms with Gasteiger partial charge < -0.3 is 5.32 Å². The SMILES string of the molecule is CCC(NCCC#N)c1cccc(Br)c1. The predicted octanol–water partition coefficient (Wildman–Crippen LogP) is 3.40. The molecular weight excluding hydrogens is 252 g/mol. The van der Waals surface area contributed by atoms with Crippen molar-refractivity contribution in [2.24, 2.45) is 0 Å². The van der Waals surface area contributed by atoms with Gasteiger partial charge in [-0.05, 0) is 24.1 Å². The van der Waals surface area contributed by atoms with Crippen molar-refractivity contribution < 1.29 is 0 Å². The van der Waals surface area contributed by atoms with E-state index in [9.17, 15) is 0 Å². The van der Waals surface area contributed by atoms with E-state index in [-0.39, 0.29) is 0 Å². The molecule has 0 radical (unpaired) electrons. The number of rotatable bonds is 5. The van der Waals surface area contributed by atoms with E-state index in [0.29, 0.717) is 12.5 Å². The zero-order chi connectivity index (χ0) is 11.1. The lowest BCUT2D eigenvalue weighted by atomic mass is 10.0. The molecule has 0 spiro atoms. The molecule has 1 atom stereocenters. The highest BCUT2D eigenvalue weighted by Crippen LogP contribution is 2.20. The topological polar surface area (TPSA) is 35.8 Å². The molecule has 1 unspecified atom stereocenters. The van der Waals surface area contributed by atoms with E-state index in [1.807, 2.05) is 12.1 Å². The normalized spacial score (nSPS) is 12.1. The molecule has 0 saturated heterocycles. The summed E-state index contributed by atoms with van der Waals surface area (Å²) in [5.41, 5.74) is 1.27. The lowest BCUT2D eigenvalue weighted by Gasteiger charge is -2.16.